The second kappa shape index (κ2) is 3.72. The number of rotatable bonds is 0. The summed E-state index contributed by atoms with van der Waals surface area (Å²) in [7, 11) is 1.64. The summed E-state index contributed by atoms with van der Waals surface area (Å²) in [4.78, 5) is 24.5. The summed E-state index contributed by atoms with van der Waals surface area (Å²) >= 11 is 0. The first-order chi connectivity index (χ1) is 7.15. The van der Waals surface area contributed by atoms with Gasteiger partial charge in [-0.2, -0.15) is 0 Å². The Morgan fingerprint density at radius 1 is 1.60 bits per heavy atom. The fourth-order valence-corrected chi connectivity index (χ4v) is 2.58. The van der Waals surface area contributed by atoms with Crippen molar-refractivity contribution in [3.8, 4) is 0 Å². The summed E-state index contributed by atoms with van der Waals surface area (Å²) in [6.45, 7) is 2.22. The van der Waals surface area contributed by atoms with Crippen LogP contribution in [0.5, 0.6) is 0 Å². The molecule has 1 atom stereocenters. The van der Waals surface area contributed by atoms with Crippen molar-refractivity contribution in [2.24, 2.45) is 5.41 Å². The average molecular weight is 211 g/mol. The van der Waals surface area contributed by atoms with Gasteiger partial charge in [0, 0.05) is 38.5 Å². The highest BCUT2D eigenvalue weighted by atomic mass is 16.2. The summed E-state index contributed by atoms with van der Waals surface area (Å²) in [5, 5.41) is 5.49. The van der Waals surface area contributed by atoms with Gasteiger partial charge in [0.1, 0.15) is 0 Å². The van der Waals surface area contributed by atoms with E-state index in [2.05, 4.69) is 10.6 Å². The lowest BCUT2D eigenvalue weighted by molar-refractivity contribution is -0.119. The largest absolute Gasteiger partial charge is 0.355 e. The van der Waals surface area contributed by atoms with E-state index in [1.807, 2.05) is 4.90 Å². The van der Waals surface area contributed by atoms with Crippen LogP contribution in [0.4, 0.5) is 4.79 Å². The van der Waals surface area contributed by atoms with Gasteiger partial charge in [0.15, 0.2) is 0 Å². The molecule has 0 aliphatic carbocycles. The Bertz CT molecular complexity index is 292. The number of likely N-dealkylation sites (tertiary alicyclic amines) is 1. The maximum absolute atomic E-state index is 11.5. The first-order valence-electron chi connectivity index (χ1n) is 5.39. The molecule has 0 saturated carbocycles. The van der Waals surface area contributed by atoms with E-state index in [0.29, 0.717) is 13.0 Å². The minimum Gasteiger partial charge on any atom is -0.355 e. The van der Waals surface area contributed by atoms with Crippen LogP contribution in [0.2, 0.25) is 0 Å². The molecule has 2 aliphatic rings. The van der Waals surface area contributed by atoms with Crippen LogP contribution in [0.25, 0.3) is 0 Å². The highest BCUT2D eigenvalue weighted by molar-refractivity contribution is 5.80. The fraction of sp³-hybridized carbons (Fsp3) is 0.800. The third-order valence-corrected chi connectivity index (χ3v) is 3.36. The van der Waals surface area contributed by atoms with E-state index in [4.69, 9.17) is 0 Å². The van der Waals surface area contributed by atoms with E-state index < -0.39 is 0 Å². The number of urea groups is 1. The molecule has 0 aromatic rings. The van der Waals surface area contributed by atoms with Gasteiger partial charge < -0.3 is 15.5 Å². The van der Waals surface area contributed by atoms with E-state index in [9.17, 15) is 9.59 Å². The zero-order chi connectivity index (χ0) is 10.9. The summed E-state index contributed by atoms with van der Waals surface area (Å²) < 4.78 is 0. The van der Waals surface area contributed by atoms with Gasteiger partial charge >= 0.3 is 6.03 Å². The maximum atomic E-state index is 11.5. The van der Waals surface area contributed by atoms with Crippen molar-refractivity contribution in [1.82, 2.24) is 15.5 Å². The highest BCUT2D eigenvalue weighted by Gasteiger charge is 2.42. The number of carbonyl (C=O) groups excluding carboxylic acids is 2. The van der Waals surface area contributed by atoms with Crippen LogP contribution in [0, 0.1) is 5.41 Å². The molecule has 2 heterocycles. The summed E-state index contributed by atoms with van der Waals surface area (Å²) in [5.74, 6) is 0.119. The molecule has 1 spiro atoms. The van der Waals surface area contributed by atoms with Crippen molar-refractivity contribution in [1.29, 1.82) is 0 Å². The molecule has 0 aromatic carbocycles. The van der Waals surface area contributed by atoms with E-state index in [0.717, 1.165) is 25.9 Å². The standard InChI is InChI=1S/C10H17N3O2/c1-11-9(15)13-4-2-3-10(7-13)5-8(14)12-6-10/h2-7H2,1H3,(H,11,15)(H,12,14). The molecule has 2 rings (SSSR count). The molecule has 0 radical (unpaired) electrons. The minimum absolute atomic E-state index is 0.00183. The van der Waals surface area contributed by atoms with Gasteiger partial charge in [-0.1, -0.05) is 0 Å². The fourth-order valence-electron chi connectivity index (χ4n) is 2.58. The third-order valence-electron chi connectivity index (χ3n) is 3.36. The zero-order valence-electron chi connectivity index (χ0n) is 9.01. The van der Waals surface area contributed by atoms with Gasteiger partial charge in [-0.25, -0.2) is 4.79 Å². The van der Waals surface area contributed by atoms with Crippen molar-refractivity contribution < 1.29 is 9.59 Å². The SMILES string of the molecule is CNC(=O)N1CCCC2(CNC(=O)C2)C1. The first-order valence-corrected chi connectivity index (χ1v) is 5.39. The van der Waals surface area contributed by atoms with Crippen LogP contribution in [0.1, 0.15) is 19.3 Å². The van der Waals surface area contributed by atoms with Gasteiger partial charge in [-0.3, -0.25) is 4.79 Å². The normalized spacial score (nSPS) is 30.5. The second-order valence-electron chi connectivity index (χ2n) is 4.53. The molecular weight excluding hydrogens is 194 g/mol. The van der Waals surface area contributed by atoms with Crippen molar-refractivity contribution >= 4 is 11.9 Å². The molecular formula is C10H17N3O2. The van der Waals surface area contributed by atoms with E-state index >= 15 is 0 Å². The van der Waals surface area contributed by atoms with Crippen LogP contribution in [-0.4, -0.2) is 43.5 Å². The lowest BCUT2D eigenvalue weighted by Crippen LogP contribution is -2.49. The summed E-state index contributed by atoms with van der Waals surface area (Å²) in [5.41, 5.74) is 0.00183. The smallest absolute Gasteiger partial charge is 0.317 e. The molecule has 0 aromatic heterocycles. The Kier molecular flexibility index (Phi) is 2.54. The van der Waals surface area contributed by atoms with Gasteiger partial charge in [0.2, 0.25) is 5.91 Å². The van der Waals surface area contributed by atoms with Crippen molar-refractivity contribution in [2.45, 2.75) is 19.3 Å². The predicted octanol–water partition coefficient (Wildman–Crippen LogP) is -0.0721. The van der Waals surface area contributed by atoms with Crippen LogP contribution in [0.3, 0.4) is 0 Å². The number of hydrogen-bond donors (Lipinski definition) is 2. The highest BCUT2D eigenvalue weighted by Crippen LogP contribution is 2.35. The van der Waals surface area contributed by atoms with Gasteiger partial charge in [0.25, 0.3) is 0 Å². The van der Waals surface area contributed by atoms with Gasteiger partial charge in [-0.05, 0) is 12.8 Å². The molecule has 0 bridgehead atoms. The number of amides is 3. The molecule has 84 valence electrons. The number of piperidine rings is 1. The van der Waals surface area contributed by atoms with Crippen molar-refractivity contribution in [2.75, 3.05) is 26.7 Å². The van der Waals surface area contributed by atoms with Crippen LogP contribution < -0.4 is 10.6 Å². The number of carbonyl (C=O) groups is 2. The molecule has 2 fully saturated rings. The molecule has 2 saturated heterocycles. The second-order valence-corrected chi connectivity index (χ2v) is 4.53. The van der Waals surface area contributed by atoms with E-state index in [-0.39, 0.29) is 17.4 Å². The van der Waals surface area contributed by atoms with E-state index in [1.165, 1.54) is 0 Å². The Hall–Kier alpha value is -1.26. The number of hydrogen-bond acceptors (Lipinski definition) is 2. The Morgan fingerprint density at radius 2 is 2.40 bits per heavy atom. The monoisotopic (exact) mass is 211 g/mol. The number of nitrogens with zero attached hydrogens (tertiary/aromatic N) is 1. The third kappa shape index (κ3) is 1.91. The van der Waals surface area contributed by atoms with E-state index in [1.54, 1.807) is 7.05 Å². The molecule has 1 unspecified atom stereocenters. The molecule has 15 heavy (non-hydrogen) atoms. The predicted molar refractivity (Wildman–Crippen MR) is 55.3 cm³/mol. The van der Waals surface area contributed by atoms with Crippen LogP contribution in [-0.2, 0) is 4.79 Å². The Balaban J connectivity index is 2.04. The lowest BCUT2D eigenvalue weighted by atomic mass is 9.79. The molecule has 5 nitrogen and oxygen atoms in total. The maximum Gasteiger partial charge on any atom is 0.317 e. The average Bonchev–Trinajstić information content (AvgIpc) is 2.59. The first kappa shape index (κ1) is 10.3. The zero-order valence-corrected chi connectivity index (χ0v) is 9.01. The van der Waals surface area contributed by atoms with Crippen LogP contribution >= 0.6 is 0 Å². The Morgan fingerprint density at radius 3 is 3.00 bits per heavy atom. The molecule has 3 amide bonds. The van der Waals surface area contributed by atoms with Crippen molar-refractivity contribution in [3.05, 3.63) is 0 Å². The minimum atomic E-state index is -0.0339. The molecule has 5 heteroatoms. The lowest BCUT2D eigenvalue weighted by Gasteiger charge is -2.38. The molecule has 2 N–H and O–H groups in total. The number of nitrogens with one attached hydrogen (secondary N) is 2. The Labute approximate surface area is 89.2 Å². The summed E-state index contributed by atoms with van der Waals surface area (Å²) in [6.07, 6.45) is 2.60. The van der Waals surface area contributed by atoms with Gasteiger partial charge in [-0.15, -0.1) is 0 Å². The van der Waals surface area contributed by atoms with Crippen molar-refractivity contribution in [3.63, 3.8) is 0 Å². The quantitative estimate of drug-likeness (QED) is 0.589. The summed E-state index contributed by atoms with van der Waals surface area (Å²) in [6, 6.07) is -0.0339. The van der Waals surface area contributed by atoms with Gasteiger partial charge in [0.05, 0.1) is 0 Å². The van der Waals surface area contributed by atoms with Crippen LogP contribution in [0.15, 0.2) is 0 Å². The topological polar surface area (TPSA) is 61.4 Å². The molecule has 2 aliphatic heterocycles.